The van der Waals surface area contributed by atoms with Gasteiger partial charge in [-0.15, -0.1) is 0 Å². The van der Waals surface area contributed by atoms with E-state index in [1.807, 2.05) is 20.8 Å². The molecule has 0 radical (unpaired) electrons. The summed E-state index contributed by atoms with van der Waals surface area (Å²) in [7, 11) is 0. The lowest BCUT2D eigenvalue weighted by atomic mass is 10.00. The largest absolute Gasteiger partial charge is 0.463 e. The predicted molar refractivity (Wildman–Crippen MR) is 103 cm³/mol. The van der Waals surface area contributed by atoms with Gasteiger partial charge in [-0.05, 0) is 40.5 Å². The van der Waals surface area contributed by atoms with E-state index in [-0.39, 0.29) is 6.54 Å². The van der Waals surface area contributed by atoms with Crippen LogP contribution in [0, 0.1) is 11.8 Å². The van der Waals surface area contributed by atoms with E-state index in [4.69, 9.17) is 9.47 Å². The first-order valence-electron chi connectivity index (χ1n) is 9.64. The van der Waals surface area contributed by atoms with E-state index in [0.717, 1.165) is 18.4 Å². The number of ether oxygens (including phenoxy) is 2. The molecular formula is C21H33NO4. The molecule has 1 amide bonds. The summed E-state index contributed by atoms with van der Waals surface area (Å²) in [6.45, 7) is 10.4. The molecule has 0 fully saturated rings. The van der Waals surface area contributed by atoms with Crippen LogP contribution in [0.25, 0.3) is 0 Å². The summed E-state index contributed by atoms with van der Waals surface area (Å²) in [6.07, 6.45) is 5.65. The second-order valence-electron chi connectivity index (χ2n) is 7.44. The molecule has 1 aliphatic rings. The fourth-order valence-electron chi connectivity index (χ4n) is 2.60. The SMILES string of the molecule is CCCCCCC#CC1=C(C(=O)OCC)CN(C(=O)OC(C)(C)C)CC1. The zero-order valence-electron chi connectivity index (χ0n) is 16.9. The zero-order chi connectivity index (χ0) is 19.6. The van der Waals surface area contributed by atoms with Crippen LogP contribution in [-0.4, -0.2) is 42.3 Å². The average molecular weight is 363 g/mol. The minimum atomic E-state index is -0.566. The van der Waals surface area contributed by atoms with Crippen LogP contribution in [0.5, 0.6) is 0 Å². The van der Waals surface area contributed by atoms with Crippen molar-refractivity contribution in [2.24, 2.45) is 0 Å². The number of hydrogen-bond donors (Lipinski definition) is 0. The van der Waals surface area contributed by atoms with Gasteiger partial charge in [0.05, 0.1) is 18.7 Å². The highest BCUT2D eigenvalue weighted by Gasteiger charge is 2.29. The summed E-state index contributed by atoms with van der Waals surface area (Å²) in [6, 6.07) is 0. The Kier molecular flexibility index (Phi) is 9.26. The number of carbonyl (C=O) groups is 2. The quantitative estimate of drug-likeness (QED) is 0.397. The third-order valence-electron chi connectivity index (χ3n) is 3.91. The number of unbranched alkanes of at least 4 members (excludes halogenated alkanes) is 4. The van der Waals surface area contributed by atoms with Gasteiger partial charge in [0.2, 0.25) is 0 Å². The maximum atomic E-state index is 12.3. The fraction of sp³-hybridized carbons (Fsp3) is 0.714. The van der Waals surface area contributed by atoms with E-state index < -0.39 is 17.7 Å². The smallest absolute Gasteiger partial charge is 0.410 e. The first-order chi connectivity index (χ1) is 12.3. The van der Waals surface area contributed by atoms with Crippen molar-refractivity contribution in [1.82, 2.24) is 4.90 Å². The van der Waals surface area contributed by atoms with Gasteiger partial charge < -0.3 is 14.4 Å². The summed E-state index contributed by atoms with van der Waals surface area (Å²) in [5.74, 6) is 5.93. The molecule has 146 valence electrons. The normalized spacial score (nSPS) is 14.6. The van der Waals surface area contributed by atoms with E-state index in [1.165, 1.54) is 19.3 Å². The molecule has 0 aliphatic carbocycles. The molecule has 0 aromatic carbocycles. The van der Waals surface area contributed by atoms with Gasteiger partial charge in [0.15, 0.2) is 0 Å². The highest BCUT2D eigenvalue weighted by molar-refractivity contribution is 5.92. The van der Waals surface area contributed by atoms with E-state index >= 15 is 0 Å². The molecule has 1 rings (SSSR count). The molecule has 0 unspecified atom stereocenters. The maximum Gasteiger partial charge on any atom is 0.410 e. The molecule has 5 heteroatoms. The summed E-state index contributed by atoms with van der Waals surface area (Å²) >= 11 is 0. The van der Waals surface area contributed by atoms with Crippen molar-refractivity contribution in [3.05, 3.63) is 11.1 Å². The van der Waals surface area contributed by atoms with Gasteiger partial charge in [-0.1, -0.05) is 38.0 Å². The van der Waals surface area contributed by atoms with Crippen LogP contribution in [0.1, 0.15) is 73.1 Å². The molecular weight excluding hydrogens is 330 g/mol. The Bertz CT molecular complexity index is 575. The van der Waals surface area contributed by atoms with Crippen LogP contribution in [-0.2, 0) is 14.3 Å². The van der Waals surface area contributed by atoms with Gasteiger partial charge in [-0.3, -0.25) is 0 Å². The highest BCUT2D eigenvalue weighted by atomic mass is 16.6. The summed E-state index contributed by atoms with van der Waals surface area (Å²) < 4.78 is 10.6. The molecule has 0 aromatic heterocycles. The van der Waals surface area contributed by atoms with Crippen LogP contribution in [0.3, 0.4) is 0 Å². The first-order valence-corrected chi connectivity index (χ1v) is 9.64. The lowest BCUT2D eigenvalue weighted by Crippen LogP contribution is -2.42. The third kappa shape index (κ3) is 7.95. The van der Waals surface area contributed by atoms with E-state index in [2.05, 4.69) is 18.8 Å². The van der Waals surface area contributed by atoms with Crippen molar-refractivity contribution in [3.8, 4) is 11.8 Å². The van der Waals surface area contributed by atoms with Crippen LogP contribution in [0.15, 0.2) is 11.1 Å². The molecule has 0 spiro atoms. The number of hydrogen-bond acceptors (Lipinski definition) is 4. The summed E-state index contributed by atoms with van der Waals surface area (Å²) in [5.41, 5.74) is 0.701. The van der Waals surface area contributed by atoms with Crippen LogP contribution in [0.2, 0.25) is 0 Å². The maximum absolute atomic E-state index is 12.3. The predicted octanol–water partition coefficient (Wildman–Crippen LogP) is 4.46. The van der Waals surface area contributed by atoms with Crippen molar-refractivity contribution in [2.45, 2.75) is 78.7 Å². The lowest BCUT2D eigenvalue weighted by molar-refractivity contribution is -0.138. The monoisotopic (exact) mass is 363 g/mol. The van der Waals surface area contributed by atoms with Gasteiger partial charge >= 0.3 is 12.1 Å². The molecule has 0 saturated heterocycles. The number of esters is 1. The molecule has 1 aliphatic heterocycles. The van der Waals surface area contributed by atoms with Gasteiger partial charge in [-0.2, -0.15) is 0 Å². The fourth-order valence-corrected chi connectivity index (χ4v) is 2.60. The van der Waals surface area contributed by atoms with Gasteiger partial charge in [0.25, 0.3) is 0 Å². The summed E-state index contributed by atoms with van der Waals surface area (Å²) in [4.78, 5) is 26.2. The Morgan fingerprint density at radius 3 is 2.50 bits per heavy atom. The van der Waals surface area contributed by atoms with Gasteiger partial charge in [-0.25, -0.2) is 9.59 Å². The molecule has 0 aromatic rings. The van der Waals surface area contributed by atoms with Crippen molar-refractivity contribution >= 4 is 12.1 Å². The van der Waals surface area contributed by atoms with Crippen LogP contribution >= 0.6 is 0 Å². The average Bonchev–Trinajstić information content (AvgIpc) is 2.56. The minimum Gasteiger partial charge on any atom is -0.463 e. The van der Waals surface area contributed by atoms with Crippen molar-refractivity contribution in [3.63, 3.8) is 0 Å². The van der Waals surface area contributed by atoms with E-state index in [9.17, 15) is 9.59 Å². The Morgan fingerprint density at radius 2 is 1.88 bits per heavy atom. The molecule has 5 nitrogen and oxygen atoms in total. The minimum absolute atomic E-state index is 0.188. The Labute approximate surface area is 158 Å². The molecule has 0 N–H and O–H groups in total. The molecule has 26 heavy (non-hydrogen) atoms. The zero-order valence-corrected chi connectivity index (χ0v) is 16.9. The molecule has 0 atom stereocenters. The van der Waals surface area contributed by atoms with Gasteiger partial charge in [0, 0.05) is 18.5 Å². The summed E-state index contributed by atoms with van der Waals surface area (Å²) in [5, 5.41) is 0. The second-order valence-corrected chi connectivity index (χ2v) is 7.44. The molecule has 1 heterocycles. The number of amides is 1. The molecule has 0 bridgehead atoms. The first kappa shape index (κ1) is 22.1. The van der Waals surface area contributed by atoms with Crippen molar-refractivity contribution in [1.29, 1.82) is 0 Å². The standard InChI is InChI=1S/C21H33NO4/c1-6-8-9-10-11-12-13-17-14-15-22(20(24)26-21(3,4)5)16-18(17)19(23)25-7-2/h6-11,14-16H2,1-5H3. The third-order valence-corrected chi connectivity index (χ3v) is 3.91. The number of rotatable bonds is 6. The topological polar surface area (TPSA) is 55.8 Å². The van der Waals surface area contributed by atoms with Crippen LogP contribution < -0.4 is 0 Å². The van der Waals surface area contributed by atoms with Crippen LogP contribution in [0.4, 0.5) is 4.79 Å². The lowest BCUT2D eigenvalue weighted by Gasteiger charge is -2.30. The van der Waals surface area contributed by atoms with E-state index in [1.54, 1.807) is 11.8 Å². The highest BCUT2D eigenvalue weighted by Crippen LogP contribution is 2.21. The Balaban J connectivity index is 2.83. The number of nitrogens with zero attached hydrogens (tertiary/aromatic N) is 1. The van der Waals surface area contributed by atoms with Crippen molar-refractivity contribution in [2.75, 3.05) is 19.7 Å². The van der Waals surface area contributed by atoms with Gasteiger partial charge in [0.1, 0.15) is 5.60 Å². The second kappa shape index (κ2) is 10.9. The Hall–Kier alpha value is -1.96. The Morgan fingerprint density at radius 1 is 1.15 bits per heavy atom. The van der Waals surface area contributed by atoms with Crippen molar-refractivity contribution < 1.29 is 19.1 Å². The molecule has 0 saturated carbocycles. The number of carbonyl (C=O) groups excluding carboxylic acids is 2. The van der Waals surface area contributed by atoms with E-state index in [0.29, 0.717) is 25.1 Å².